The summed E-state index contributed by atoms with van der Waals surface area (Å²) in [7, 11) is 2.19. The molecule has 0 radical (unpaired) electrons. The fourth-order valence-corrected chi connectivity index (χ4v) is 5.71. The van der Waals surface area contributed by atoms with Crippen LogP contribution in [-0.4, -0.2) is 62.4 Å². The second-order valence-corrected chi connectivity index (χ2v) is 10.7. The molecule has 0 bridgehead atoms. The van der Waals surface area contributed by atoms with E-state index in [4.69, 9.17) is 20.8 Å². The third-order valence-corrected chi connectivity index (χ3v) is 8.00. The number of nitrogens with zero attached hydrogens (tertiary/aromatic N) is 6. The van der Waals surface area contributed by atoms with Crippen molar-refractivity contribution in [3.8, 4) is 22.4 Å². The number of anilines is 1. The normalized spacial score (nSPS) is 20.4. The van der Waals surface area contributed by atoms with Gasteiger partial charge < -0.3 is 20.5 Å². The number of hydrogen-bond acceptors (Lipinski definition) is 6. The summed E-state index contributed by atoms with van der Waals surface area (Å²) in [6.45, 7) is 7.64. The molecule has 8 nitrogen and oxygen atoms in total. The molecule has 0 spiro atoms. The minimum atomic E-state index is -0.0495. The van der Waals surface area contributed by atoms with E-state index in [2.05, 4.69) is 57.8 Å². The number of nitrogens with one attached hydrogen (secondary N) is 1. The Morgan fingerprint density at radius 3 is 2.64 bits per heavy atom. The molecule has 2 atom stereocenters. The number of likely N-dealkylation sites (tertiary alicyclic amines) is 1. The summed E-state index contributed by atoms with van der Waals surface area (Å²) in [5.74, 6) is 0. The molecule has 2 aliphatic rings. The fourth-order valence-electron chi connectivity index (χ4n) is 5.71. The second kappa shape index (κ2) is 9.33. The Morgan fingerprint density at radius 1 is 1.06 bits per heavy atom. The first kappa shape index (κ1) is 23.2. The Kier molecular flexibility index (Phi) is 6.01. The van der Waals surface area contributed by atoms with Crippen molar-refractivity contribution >= 4 is 16.9 Å². The minimum Gasteiger partial charge on any atom is -0.369 e. The van der Waals surface area contributed by atoms with Crippen molar-refractivity contribution < 1.29 is 0 Å². The van der Waals surface area contributed by atoms with Crippen molar-refractivity contribution in [2.24, 2.45) is 5.73 Å². The van der Waals surface area contributed by atoms with Crippen molar-refractivity contribution in [2.75, 3.05) is 31.6 Å². The summed E-state index contributed by atoms with van der Waals surface area (Å²) in [6.07, 6.45) is 12.7. The lowest BCUT2D eigenvalue weighted by molar-refractivity contribution is 0.212. The van der Waals surface area contributed by atoms with E-state index in [-0.39, 0.29) is 6.04 Å². The Balaban J connectivity index is 1.36. The molecule has 5 heterocycles. The number of fused-ring (bicyclic) bond motifs is 1. The zero-order valence-electron chi connectivity index (χ0n) is 21.5. The van der Waals surface area contributed by atoms with Crippen LogP contribution in [0, 0.1) is 0 Å². The van der Waals surface area contributed by atoms with Gasteiger partial charge in [0.15, 0.2) is 5.65 Å². The molecule has 4 aromatic rings. The molecule has 2 unspecified atom stereocenters. The van der Waals surface area contributed by atoms with Gasteiger partial charge in [-0.2, -0.15) is 5.10 Å². The first-order valence-corrected chi connectivity index (χ1v) is 13.2. The highest BCUT2D eigenvalue weighted by Gasteiger charge is 2.23. The van der Waals surface area contributed by atoms with Crippen LogP contribution in [0.1, 0.15) is 57.2 Å². The molecule has 6 rings (SSSR count). The van der Waals surface area contributed by atoms with Crippen LogP contribution < -0.4 is 10.6 Å². The number of rotatable bonds is 5. The van der Waals surface area contributed by atoms with Crippen LogP contribution in [0.4, 0.5) is 5.69 Å². The van der Waals surface area contributed by atoms with Crippen molar-refractivity contribution in [1.29, 1.82) is 0 Å². The van der Waals surface area contributed by atoms with Crippen LogP contribution in [0.3, 0.4) is 0 Å². The Hall–Kier alpha value is -3.23. The maximum atomic E-state index is 6.34. The minimum absolute atomic E-state index is 0.0495. The molecule has 0 saturated carbocycles. The summed E-state index contributed by atoms with van der Waals surface area (Å²) < 4.78 is 2.13. The van der Waals surface area contributed by atoms with E-state index in [1.165, 1.54) is 18.5 Å². The number of aromatic nitrogens is 5. The van der Waals surface area contributed by atoms with Crippen molar-refractivity contribution in [3.05, 3.63) is 48.5 Å². The lowest BCUT2D eigenvalue weighted by Crippen LogP contribution is -2.31. The highest BCUT2D eigenvalue weighted by atomic mass is 15.3. The Labute approximate surface area is 212 Å². The molecule has 2 fully saturated rings. The number of H-pyrrole nitrogens is 1. The summed E-state index contributed by atoms with van der Waals surface area (Å²) >= 11 is 0. The van der Waals surface area contributed by atoms with Crippen LogP contribution in [0.5, 0.6) is 0 Å². The zero-order chi connectivity index (χ0) is 24.8. The molecule has 0 amide bonds. The van der Waals surface area contributed by atoms with E-state index in [9.17, 15) is 0 Å². The lowest BCUT2D eigenvalue weighted by Gasteiger charge is -2.28. The molecule has 2 saturated heterocycles. The van der Waals surface area contributed by atoms with Gasteiger partial charge in [0.2, 0.25) is 0 Å². The van der Waals surface area contributed by atoms with Gasteiger partial charge in [-0.15, -0.1) is 0 Å². The second-order valence-electron chi connectivity index (χ2n) is 10.7. The van der Waals surface area contributed by atoms with Crippen molar-refractivity contribution in [1.82, 2.24) is 29.6 Å². The van der Waals surface area contributed by atoms with Gasteiger partial charge in [-0.25, -0.2) is 9.97 Å². The van der Waals surface area contributed by atoms with Crippen LogP contribution in [0.15, 0.2) is 43.0 Å². The number of nitrogens with two attached hydrogens (primary N) is 1. The van der Waals surface area contributed by atoms with E-state index in [1.54, 1.807) is 0 Å². The molecule has 1 aromatic carbocycles. The van der Waals surface area contributed by atoms with E-state index in [1.807, 2.05) is 25.5 Å². The van der Waals surface area contributed by atoms with Crippen LogP contribution in [0.25, 0.3) is 33.5 Å². The first-order valence-electron chi connectivity index (χ1n) is 13.2. The highest BCUT2D eigenvalue weighted by Crippen LogP contribution is 2.34. The molecule has 3 aromatic heterocycles. The zero-order valence-corrected chi connectivity index (χ0v) is 21.5. The third-order valence-electron chi connectivity index (χ3n) is 8.00. The van der Waals surface area contributed by atoms with Gasteiger partial charge in [-0.05, 0) is 83.4 Å². The average Bonchev–Trinajstić information content (AvgIpc) is 3.63. The van der Waals surface area contributed by atoms with Gasteiger partial charge in [0.1, 0.15) is 5.52 Å². The molecule has 3 N–H and O–H groups in total. The molecular formula is C28H36N8. The third kappa shape index (κ3) is 4.29. The predicted octanol–water partition coefficient (Wildman–Crippen LogP) is 4.76. The molecule has 8 heteroatoms. The standard InChI is InChI=1S/C28H36N8/c1-18-5-4-8-35(18)24-12-20(19(2)29)11-21(13-24)26-16-31-28-27(33-26)25(15-30-28)22-14-32-36(17-22)23-6-9-34(3)10-7-23/h11-19,23H,4-10,29H2,1-3H3,(H,30,31). The average molecular weight is 485 g/mol. The maximum absolute atomic E-state index is 6.34. The number of benzene rings is 1. The molecular weight excluding hydrogens is 448 g/mol. The van der Waals surface area contributed by atoms with Crippen molar-refractivity contribution in [2.45, 2.75) is 57.7 Å². The predicted molar refractivity (Wildman–Crippen MR) is 145 cm³/mol. The number of piperidine rings is 1. The SMILES string of the molecule is CC(N)c1cc(-c2cnc3[nH]cc(-c4cnn(C5CCN(C)CC5)c4)c3n2)cc(N2CCCC2C)c1. The summed E-state index contributed by atoms with van der Waals surface area (Å²) in [6, 6.07) is 7.58. The van der Waals surface area contributed by atoms with Crippen LogP contribution in [0.2, 0.25) is 0 Å². The Morgan fingerprint density at radius 2 is 1.89 bits per heavy atom. The fraction of sp³-hybridized carbons (Fsp3) is 0.464. The van der Waals surface area contributed by atoms with Gasteiger partial charge in [-0.3, -0.25) is 4.68 Å². The maximum Gasteiger partial charge on any atom is 0.156 e. The lowest BCUT2D eigenvalue weighted by atomic mass is 10.0. The van der Waals surface area contributed by atoms with Gasteiger partial charge in [0, 0.05) is 53.4 Å². The first-order chi connectivity index (χ1) is 17.5. The monoisotopic (exact) mass is 484 g/mol. The van der Waals surface area contributed by atoms with E-state index >= 15 is 0 Å². The van der Waals surface area contributed by atoms with Crippen LogP contribution in [-0.2, 0) is 0 Å². The summed E-state index contributed by atoms with van der Waals surface area (Å²) in [5, 5.41) is 4.72. The molecule has 36 heavy (non-hydrogen) atoms. The molecule has 188 valence electrons. The van der Waals surface area contributed by atoms with E-state index in [0.717, 1.165) is 71.6 Å². The van der Waals surface area contributed by atoms with Gasteiger partial charge >= 0.3 is 0 Å². The number of aromatic amines is 1. The van der Waals surface area contributed by atoms with Gasteiger partial charge in [0.25, 0.3) is 0 Å². The molecule has 2 aliphatic heterocycles. The largest absolute Gasteiger partial charge is 0.369 e. The Bertz CT molecular complexity index is 1360. The molecule has 0 aliphatic carbocycles. The smallest absolute Gasteiger partial charge is 0.156 e. The summed E-state index contributed by atoms with van der Waals surface area (Å²) in [5.41, 5.74) is 14.4. The van der Waals surface area contributed by atoms with Crippen LogP contribution >= 0.6 is 0 Å². The topological polar surface area (TPSA) is 91.9 Å². The highest BCUT2D eigenvalue weighted by molar-refractivity contribution is 5.91. The van der Waals surface area contributed by atoms with E-state index < -0.39 is 0 Å². The van der Waals surface area contributed by atoms with E-state index in [0.29, 0.717) is 12.1 Å². The van der Waals surface area contributed by atoms with Gasteiger partial charge in [-0.1, -0.05) is 0 Å². The quantitative estimate of drug-likeness (QED) is 0.424. The van der Waals surface area contributed by atoms with Gasteiger partial charge in [0.05, 0.1) is 24.1 Å². The van der Waals surface area contributed by atoms with Crippen molar-refractivity contribution in [3.63, 3.8) is 0 Å². The number of hydrogen-bond donors (Lipinski definition) is 2. The summed E-state index contributed by atoms with van der Waals surface area (Å²) in [4.78, 5) is 18.0.